The van der Waals surface area contributed by atoms with Gasteiger partial charge in [-0.1, -0.05) is 41.9 Å². The van der Waals surface area contributed by atoms with Crippen molar-refractivity contribution in [2.24, 2.45) is 0 Å². The third kappa shape index (κ3) is 4.87. The summed E-state index contributed by atoms with van der Waals surface area (Å²) in [5, 5.41) is 6.79. The number of hydrogen-bond donors (Lipinski definition) is 2. The largest absolute Gasteiger partial charge is 0.491 e. The molecule has 1 amide bonds. The zero-order chi connectivity index (χ0) is 16.1. The molecule has 1 aliphatic rings. The number of benzene rings is 2. The number of rotatable bonds is 6. The fourth-order valence-corrected chi connectivity index (χ4v) is 2.75. The van der Waals surface area contributed by atoms with Crippen LogP contribution in [0.15, 0.2) is 42.5 Å². The molecule has 0 fully saturated rings. The Labute approximate surface area is 153 Å². The zero-order valence-corrected chi connectivity index (χ0v) is 14.8. The molecule has 0 atom stereocenters. The first kappa shape index (κ1) is 18.6. The Morgan fingerprint density at radius 1 is 1.17 bits per heavy atom. The number of halogens is 2. The van der Waals surface area contributed by atoms with Crippen LogP contribution in [-0.4, -0.2) is 12.5 Å². The van der Waals surface area contributed by atoms with E-state index in [0.29, 0.717) is 30.3 Å². The lowest BCUT2D eigenvalue weighted by Crippen LogP contribution is -2.24. The van der Waals surface area contributed by atoms with Crippen molar-refractivity contribution in [2.45, 2.75) is 26.1 Å². The van der Waals surface area contributed by atoms with E-state index in [1.54, 1.807) is 12.1 Å². The summed E-state index contributed by atoms with van der Waals surface area (Å²) in [7, 11) is 0. The van der Waals surface area contributed by atoms with Crippen molar-refractivity contribution in [2.75, 3.05) is 6.61 Å². The third-order valence-corrected chi connectivity index (χ3v) is 4.13. The Balaban J connectivity index is 0.00000208. The Hall–Kier alpha value is -1.75. The first-order valence-corrected chi connectivity index (χ1v) is 8.05. The predicted molar refractivity (Wildman–Crippen MR) is 97.6 cm³/mol. The van der Waals surface area contributed by atoms with Crippen molar-refractivity contribution in [3.63, 3.8) is 0 Å². The summed E-state index contributed by atoms with van der Waals surface area (Å²) >= 11 is 6.00. The van der Waals surface area contributed by atoms with Gasteiger partial charge in [-0.2, -0.15) is 0 Å². The number of nitrogens with one attached hydrogen (secondary N) is 2. The van der Waals surface area contributed by atoms with E-state index in [4.69, 9.17) is 16.3 Å². The van der Waals surface area contributed by atoms with Gasteiger partial charge in [-0.25, -0.2) is 0 Å². The van der Waals surface area contributed by atoms with Gasteiger partial charge < -0.3 is 15.4 Å². The van der Waals surface area contributed by atoms with E-state index in [1.165, 1.54) is 11.1 Å². The average molecular weight is 367 g/mol. The summed E-state index contributed by atoms with van der Waals surface area (Å²) in [6.07, 6.45) is 0.303. The molecular formula is C18H20Cl2N2O2. The van der Waals surface area contributed by atoms with E-state index in [0.717, 1.165) is 18.7 Å². The van der Waals surface area contributed by atoms with Crippen LogP contribution < -0.4 is 15.4 Å². The number of carbonyl (C=O) groups is 1. The van der Waals surface area contributed by atoms with E-state index >= 15 is 0 Å². The van der Waals surface area contributed by atoms with Gasteiger partial charge in [0.2, 0.25) is 5.91 Å². The maximum absolute atomic E-state index is 11.9. The standard InChI is InChI=1S/C18H19ClN2O2.ClH/c19-16-3-1-2-4-17(16)23-8-7-18(22)21-10-13-5-6-14-11-20-12-15(14)9-13;/h1-6,9,20H,7-8,10-12H2,(H,21,22);1H. The number of carbonyl (C=O) groups excluding carboxylic acids is 1. The van der Waals surface area contributed by atoms with Crippen molar-refractivity contribution < 1.29 is 9.53 Å². The van der Waals surface area contributed by atoms with Gasteiger partial charge in [0.1, 0.15) is 5.75 Å². The molecule has 3 rings (SSSR count). The number of amides is 1. The summed E-state index contributed by atoms with van der Waals surface area (Å²) in [5.74, 6) is 0.573. The van der Waals surface area contributed by atoms with Gasteiger partial charge in [0, 0.05) is 19.6 Å². The molecule has 2 aromatic carbocycles. The lowest BCUT2D eigenvalue weighted by molar-refractivity contribution is -0.121. The second kappa shape index (κ2) is 8.92. The maximum Gasteiger partial charge on any atom is 0.223 e. The molecule has 0 bridgehead atoms. The Bertz CT molecular complexity index is 707. The number of para-hydroxylation sites is 1. The predicted octanol–water partition coefficient (Wildman–Crippen LogP) is 3.45. The molecule has 1 heterocycles. The number of ether oxygens (including phenoxy) is 1. The van der Waals surface area contributed by atoms with Crippen LogP contribution >= 0.6 is 24.0 Å². The van der Waals surface area contributed by atoms with Crippen molar-refractivity contribution in [3.8, 4) is 5.75 Å². The summed E-state index contributed by atoms with van der Waals surface area (Å²) < 4.78 is 5.52. The summed E-state index contributed by atoms with van der Waals surface area (Å²) in [4.78, 5) is 11.9. The van der Waals surface area contributed by atoms with Crippen LogP contribution in [0, 0.1) is 0 Å². The average Bonchev–Trinajstić information content (AvgIpc) is 3.02. The lowest BCUT2D eigenvalue weighted by Gasteiger charge is -2.09. The second-order valence-corrected chi connectivity index (χ2v) is 5.92. The van der Waals surface area contributed by atoms with Crippen molar-refractivity contribution >= 4 is 29.9 Å². The normalized spacial score (nSPS) is 12.2. The van der Waals surface area contributed by atoms with Crippen molar-refractivity contribution in [1.29, 1.82) is 0 Å². The molecule has 24 heavy (non-hydrogen) atoms. The molecular weight excluding hydrogens is 347 g/mol. The molecule has 128 valence electrons. The van der Waals surface area contributed by atoms with Gasteiger partial charge in [0.05, 0.1) is 18.1 Å². The smallest absolute Gasteiger partial charge is 0.223 e. The highest BCUT2D eigenvalue weighted by molar-refractivity contribution is 6.32. The number of hydrogen-bond acceptors (Lipinski definition) is 3. The minimum atomic E-state index is -0.0318. The molecule has 0 unspecified atom stereocenters. The molecule has 0 saturated heterocycles. The number of fused-ring (bicyclic) bond motifs is 1. The van der Waals surface area contributed by atoms with Gasteiger partial charge in [-0.05, 0) is 28.8 Å². The molecule has 2 N–H and O–H groups in total. The Kier molecular flexibility index (Phi) is 6.91. The molecule has 1 aliphatic heterocycles. The monoisotopic (exact) mass is 366 g/mol. The van der Waals surface area contributed by atoms with E-state index in [9.17, 15) is 4.79 Å². The fraction of sp³-hybridized carbons (Fsp3) is 0.278. The molecule has 6 heteroatoms. The molecule has 0 spiro atoms. The summed E-state index contributed by atoms with van der Waals surface area (Å²) in [6.45, 7) is 2.69. The topological polar surface area (TPSA) is 50.4 Å². The maximum atomic E-state index is 11.9. The van der Waals surface area contributed by atoms with Crippen LogP contribution in [-0.2, 0) is 24.4 Å². The van der Waals surface area contributed by atoms with Gasteiger partial charge in [-0.3, -0.25) is 4.79 Å². The van der Waals surface area contributed by atoms with Gasteiger partial charge in [0.15, 0.2) is 0 Å². The quantitative estimate of drug-likeness (QED) is 0.822. The minimum Gasteiger partial charge on any atom is -0.491 e. The van der Waals surface area contributed by atoms with Crippen molar-refractivity contribution in [3.05, 3.63) is 64.2 Å². The van der Waals surface area contributed by atoms with Crippen LogP contribution in [0.1, 0.15) is 23.1 Å². The van der Waals surface area contributed by atoms with Crippen LogP contribution in [0.5, 0.6) is 5.75 Å². The van der Waals surface area contributed by atoms with Crippen LogP contribution in [0.3, 0.4) is 0 Å². The first-order chi connectivity index (χ1) is 11.2. The van der Waals surface area contributed by atoms with Crippen molar-refractivity contribution in [1.82, 2.24) is 10.6 Å². The first-order valence-electron chi connectivity index (χ1n) is 7.68. The van der Waals surface area contributed by atoms with Gasteiger partial charge in [-0.15, -0.1) is 12.4 Å². The molecule has 0 aromatic heterocycles. The second-order valence-electron chi connectivity index (χ2n) is 5.51. The Morgan fingerprint density at radius 2 is 1.96 bits per heavy atom. The molecule has 0 saturated carbocycles. The SMILES string of the molecule is Cl.O=C(CCOc1ccccc1Cl)NCc1ccc2c(c1)CNC2. The van der Waals surface area contributed by atoms with E-state index in [1.807, 2.05) is 12.1 Å². The third-order valence-electron chi connectivity index (χ3n) is 3.81. The van der Waals surface area contributed by atoms with Crippen LogP contribution in [0.2, 0.25) is 5.02 Å². The minimum absolute atomic E-state index is 0. The lowest BCUT2D eigenvalue weighted by atomic mass is 10.1. The Morgan fingerprint density at radius 3 is 2.79 bits per heavy atom. The molecule has 0 radical (unpaired) electrons. The fourth-order valence-electron chi connectivity index (χ4n) is 2.56. The highest BCUT2D eigenvalue weighted by Crippen LogP contribution is 2.23. The van der Waals surface area contributed by atoms with E-state index in [2.05, 4.69) is 28.8 Å². The van der Waals surface area contributed by atoms with E-state index < -0.39 is 0 Å². The van der Waals surface area contributed by atoms with Gasteiger partial charge in [0.25, 0.3) is 0 Å². The molecule has 0 aliphatic carbocycles. The zero-order valence-electron chi connectivity index (χ0n) is 13.2. The summed E-state index contributed by atoms with van der Waals surface area (Å²) in [6, 6.07) is 13.6. The highest BCUT2D eigenvalue weighted by atomic mass is 35.5. The molecule has 2 aromatic rings. The van der Waals surface area contributed by atoms with E-state index in [-0.39, 0.29) is 18.3 Å². The highest BCUT2D eigenvalue weighted by Gasteiger charge is 2.10. The summed E-state index contributed by atoms with van der Waals surface area (Å²) in [5.41, 5.74) is 3.78. The van der Waals surface area contributed by atoms with Crippen LogP contribution in [0.25, 0.3) is 0 Å². The molecule has 4 nitrogen and oxygen atoms in total. The van der Waals surface area contributed by atoms with Gasteiger partial charge >= 0.3 is 0 Å². The van der Waals surface area contributed by atoms with Crippen LogP contribution in [0.4, 0.5) is 0 Å².